The van der Waals surface area contributed by atoms with E-state index in [1.807, 2.05) is 19.1 Å². The third-order valence-corrected chi connectivity index (χ3v) is 5.16. The Hall–Kier alpha value is -2.18. The van der Waals surface area contributed by atoms with E-state index in [0.717, 1.165) is 37.8 Å². The standard InChI is InChI=1S/C19H23N3O3/c1-13-2-3-16(25-13)9-22-10-17-15(12-24-18(17)11-22)8-21-19(23)14-4-6-20-7-5-14/h2-7,15,17-18H,8-12H2,1H3,(H,21,23)/t15-,17+,18+/m0/s1. The van der Waals surface area contributed by atoms with Crippen LogP contribution >= 0.6 is 0 Å². The lowest BCUT2D eigenvalue weighted by Gasteiger charge is -2.19. The molecule has 3 atom stereocenters. The van der Waals surface area contributed by atoms with Crippen molar-refractivity contribution in [2.24, 2.45) is 11.8 Å². The van der Waals surface area contributed by atoms with E-state index in [1.165, 1.54) is 0 Å². The van der Waals surface area contributed by atoms with E-state index < -0.39 is 0 Å². The Bertz CT molecular complexity index is 731. The molecule has 6 heteroatoms. The molecular weight excluding hydrogens is 318 g/mol. The lowest BCUT2D eigenvalue weighted by Crippen LogP contribution is -2.34. The molecule has 4 heterocycles. The first-order valence-electron chi connectivity index (χ1n) is 8.76. The monoisotopic (exact) mass is 341 g/mol. The second-order valence-corrected chi connectivity index (χ2v) is 6.95. The molecule has 4 rings (SSSR count). The van der Waals surface area contributed by atoms with E-state index >= 15 is 0 Å². The van der Waals surface area contributed by atoms with Gasteiger partial charge < -0.3 is 14.5 Å². The Morgan fingerprint density at radius 2 is 2.12 bits per heavy atom. The van der Waals surface area contributed by atoms with Gasteiger partial charge in [0.1, 0.15) is 11.5 Å². The van der Waals surface area contributed by atoms with Gasteiger partial charge in [0.25, 0.3) is 5.91 Å². The highest BCUT2D eigenvalue weighted by atomic mass is 16.5. The fourth-order valence-corrected chi connectivity index (χ4v) is 3.84. The Morgan fingerprint density at radius 1 is 1.28 bits per heavy atom. The number of ether oxygens (including phenoxy) is 1. The lowest BCUT2D eigenvalue weighted by molar-refractivity contribution is 0.0897. The Labute approximate surface area is 147 Å². The zero-order valence-corrected chi connectivity index (χ0v) is 14.4. The van der Waals surface area contributed by atoms with Crippen molar-refractivity contribution in [3.05, 3.63) is 53.7 Å². The number of aryl methyl sites for hydroxylation is 1. The van der Waals surface area contributed by atoms with Crippen LogP contribution < -0.4 is 5.32 Å². The Kier molecular flexibility index (Phi) is 4.55. The number of fused-ring (bicyclic) bond motifs is 1. The van der Waals surface area contributed by atoms with Crippen LogP contribution in [0.3, 0.4) is 0 Å². The zero-order chi connectivity index (χ0) is 17.2. The maximum atomic E-state index is 12.2. The van der Waals surface area contributed by atoms with Gasteiger partial charge in [0.2, 0.25) is 0 Å². The highest BCUT2D eigenvalue weighted by Gasteiger charge is 2.43. The normalized spacial score (nSPS) is 25.9. The molecule has 132 valence electrons. The average molecular weight is 341 g/mol. The van der Waals surface area contributed by atoms with E-state index in [1.54, 1.807) is 24.5 Å². The van der Waals surface area contributed by atoms with Crippen LogP contribution in [0.15, 0.2) is 41.1 Å². The van der Waals surface area contributed by atoms with Gasteiger partial charge in [-0.05, 0) is 31.2 Å². The fraction of sp³-hybridized carbons (Fsp3) is 0.474. The third-order valence-electron chi connectivity index (χ3n) is 5.16. The predicted molar refractivity (Wildman–Crippen MR) is 92.0 cm³/mol. The Balaban J connectivity index is 1.30. The number of carbonyl (C=O) groups is 1. The second-order valence-electron chi connectivity index (χ2n) is 6.95. The lowest BCUT2D eigenvalue weighted by atomic mass is 9.93. The van der Waals surface area contributed by atoms with E-state index in [-0.39, 0.29) is 12.0 Å². The number of carbonyl (C=O) groups excluding carboxylic acids is 1. The van der Waals surface area contributed by atoms with Gasteiger partial charge in [-0.15, -0.1) is 0 Å². The van der Waals surface area contributed by atoms with Crippen LogP contribution in [0.1, 0.15) is 21.9 Å². The van der Waals surface area contributed by atoms with Crippen molar-refractivity contribution in [1.29, 1.82) is 0 Å². The summed E-state index contributed by atoms with van der Waals surface area (Å²) >= 11 is 0. The van der Waals surface area contributed by atoms with Crippen LogP contribution in [-0.4, -0.2) is 48.1 Å². The largest absolute Gasteiger partial charge is 0.465 e. The molecule has 0 aromatic carbocycles. The number of rotatable bonds is 5. The summed E-state index contributed by atoms with van der Waals surface area (Å²) in [6.45, 7) is 6.07. The van der Waals surface area contributed by atoms with Crippen molar-refractivity contribution in [2.75, 3.05) is 26.2 Å². The number of pyridine rings is 1. The average Bonchev–Trinajstić information content (AvgIpc) is 3.30. The van der Waals surface area contributed by atoms with Gasteiger partial charge in [-0.25, -0.2) is 0 Å². The highest BCUT2D eigenvalue weighted by molar-refractivity contribution is 5.93. The number of nitrogens with zero attached hydrogens (tertiary/aromatic N) is 2. The molecule has 1 N–H and O–H groups in total. The molecule has 2 saturated heterocycles. The molecular formula is C19H23N3O3. The summed E-state index contributed by atoms with van der Waals surface area (Å²) in [4.78, 5) is 18.5. The van der Waals surface area contributed by atoms with Crippen molar-refractivity contribution in [3.63, 3.8) is 0 Å². The van der Waals surface area contributed by atoms with E-state index in [4.69, 9.17) is 9.15 Å². The summed E-state index contributed by atoms with van der Waals surface area (Å²) in [5, 5.41) is 3.04. The van der Waals surface area contributed by atoms with Crippen LogP contribution in [0, 0.1) is 18.8 Å². The molecule has 6 nitrogen and oxygen atoms in total. The number of nitrogens with one attached hydrogen (secondary N) is 1. The molecule has 0 bridgehead atoms. The van der Waals surface area contributed by atoms with Gasteiger partial charge in [-0.3, -0.25) is 14.7 Å². The molecule has 1 amide bonds. The number of furan rings is 1. The molecule has 0 saturated carbocycles. The topological polar surface area (TPSA) is 67.6 Å². The summed E-state index contributed by atoms with van der Waals surface area (Å²) in [5.74, 6) is 2.72. The van der Waals surface area contributed by atoms with Gasteiger partial charge in [0, 0.05) is 49.4 Å². The maximum absolute atomic E-state index is 12.2. The SMILES string of the molecule is Cc1ccc(CN2C[C@@H]3[C@@H](CNC(=O)c4ccncc4)CO[C@@H]3C2)o1. The number of hydrogen-bond acceptors (Lipinski definition) is 5. The summed E-state index contributed by atoms with van der Waals surface area (Å²) in [6.07, 6.45) is 3.53. The van der Waals surface area contributed by atoms with E-state index in [2.05, 4.69) is 15.2 Å². The van der Waals surface area contributed by atoms with E-state index in [0.29, 0.717) is 23.9 Å². The molecule has 2 aromatic rings. The van der Waals surface area contributed by atoms with Gasteiger partial charge in [0.05, 0.1) is 19.3 Å². The van der Waals surface area contributed by atoms with Crippen molar-refractivity contribution >= 4 is 5.91 Å². The van der Waals surface area contributed by atoms with Crippen molar-refractivity contribution < 1.29 is 13.9 Å². The molecule has 0 unspecified atom stereocenters. The van der Waals surface area contributed by atoms with Gasteiger partial charge in [0.15, 0.2) is 0 Å². The van der Waals surface area contributed by atoms with E-state index in [9.17, 15) is 4.79 Å². The highest BCUT2D eigenvalue weighted by Crippen LogP contribution is 2.34. The quantitative estimate of drug-likeness (QED) is 0.899. The van der Waals surface area contributed by atoms with Crippen LogP contribution in [-0.2, 0) is 11.3 Å². The number of aromatic nitrogens is 1. The first-order chi connectivity index (χ1) is 12.2. The van der Waals surface area contributed by atoms with Gasteiger partial charge >= 0.3 is 0 Å². The molecule has 0 aliphatic carbocycles. The molecule has 0 radical (unpaired) electrons. The molecule has 2 aliphatic heterocycles. The van der Waals surface area contributed by atoms with Crippen LogP contribution in [0.25, 0.3) is 0 Å². The maximum Gasteiger partial charge on any atom is 0.251 e. The minimum absolute atomic E-state index is 0.0493. The number of hydrogen-bond donors (Lipinski definition) is 1. The van der Waals surface area contributed by atoms with Gasteiger partial charge in [-0.2, -0.15) is 0 Å². The first-order valence-corrected chi connectivity index (χ1v) is 8.76. The molecule has 0 spiro atoms. The summed E-state index contributed by atoms with van der Waals surface area (Å²) in [7, 11) is 0. The van der Waals surface area contributed by atoms with Crippen LogP contribution in [0.2, 0.25) is 0 Å². The number of amides is 1. The second kappa shape index (κ2) is 6.98. The minimum atomic E-state index is -0.0493. The number of likely N-dealkylation sites (tertiary alicyclic amines) is 1. The summed E-state index contributed by atoms with van der Waals surface area (Å²) < 4.78 is 11.6. The summed E-state index contributed by atoms with van der Waals surface area (Å²) in [5.41, 5.74) is 0.645. The van der Waals surface area contributed by atoms with Gasteiger partial charge in [-0.1, -0.05) is 0 Å². The molecule has 2 fully saturated rings. The third kappa shape index (κ3) is 3.60. The Morgan fingerprint density at radius 3 is 2.88 bits per heavy atom. The fourth-order valence-electron chi connectivity index (χ4n) is 3.84. The van der Waals surface area contributed by atoms with Crippen LogP contribution in [0.4, 0.5) is 0 Å². The zero-order valence-electron chi connectivity index (χ0n) is 14.4. The first kappa shape index (κ1) is 16.3. The van der Waals surface area contributed by atoms with Crippen LogP contribution in [0.5, 0.6) is 0 Å². The molecule has 2 aromatic heterocycles. The molecule has 2 aliphatic rings. The molecule has 25 heavy (non-hydrogen) atoms. The predicted octanol–water partition coefficient (Wildman–Crippen LogP) is 1.86. The smallest absolute Gasteiger partial charge is 0.251 e. The summed E-state index contributed by atoms with van der Waals surface area (Å²) in [6, 6.07) is 7.49. The van der Waals surface area contributed by atoms with Crippen molar-refractivity contribution in [3.8, 4) is 0 Å². The van der Waals surface area contributed by atoms with Crippen molar-refractivity contribution in [1.82, 2.24) is 15.2 Å². The van der Waals surface area contributed by atoms with Crippen molar-refractivity contribution in [2.45, 2.75) is 19.6 Å². The minimum Gasteiger partial charge on any atom is -0.465 e.